The van der Waals surface area contributed by atoms with Gasteiger partial charge in [-0.2, -0.15) is 0 Å². The first kappa shape index (κ1) is 12.0. The van der Waals surface area contributed by atoms with E-state index in [0.29, 0.717) is 11.6 Å². The monoisotopic (exact) mass is 256 g/mol. The standard InChI is InChI=1S/C15H16N2O2/c1-9-14(10(2)19-17-9)11-4-3-5-12(8-11)15(18)16-13-6-7-13/h3-5,8,13H,6-7H2,1-2H3,(H,16,18). The molecule has 1 saturated carbocycles. The van der Waals surface area contributed by atoms with Gasteiger partial charge in [-0.25, -0.2) is 0 Å². The van der Waals surface area contributed by atoms with Gasteiger partial charge in [0.2, 0.25) is 0 Å². The number of aromatic nitrogens is 1. The summed E-state index contributed by atoms with van der Waals surface area (Å²) in [6.45, 7) is 3.79. The molecule has 1 aliphatic rings. The molecule has 1 heterocycles. The van der Waals surface area contributed by atoms with Crippen LogP contribution in [0.25, 0.3) is 11.1 Å². The van der Waals surface area contributed by atoms with Crippen LogP contribution in [0, 0.1) is 13.8 Å². The average molecular weight is 256 g/mol. The Morgan fingerprint density at radius 2 is 2.16 bits per heavy atom. The van der Waals surface area contributed by atoms with Gasteiger partial charge in [0.15, 0.2) is 0 Å². The van der Waals surface area contributed by atoms with Gasteiger partial charge in [-0.1, -0.05) is 17.3 Å². The Morgan fingerprint density at radius 3 is 2.79 bits per heavy atom. The Labute approximate surface area is 111 Å². The molecule has 0 saturated heterocycles. The second-order valence-electron chi connectivity index (χ2n) is 5.03. The number of benzene rings is 1. The number of hydrogen-bond acceptors (Lipinski definition) is 3. The zero-order valence-corrected chi connectivity index (χ0v) is 11.1. The zero-order chi connectivity index (χ0) is 13.4. The molecule has 0 radical (unpaired) electrons. The third kappa shape index (κ3) is 2.38. The molecule has 0 atom stereocenters. The molecule has 1 N–H and O–H groups in total. The van der Waals surface area contributed by atoms with Gasteiger partial charge in [-0.3, -0.25) is 4.79 Å². The Morgan fingerprint density at radius 1 is 1.37 bits per heavy atom. The lowest BCUT2D eigenvalue weighted by Crippen LogP contribution is -2.25. The maximum atomic E-state index is 12.0. The molecule has 98 valence electrons. The summed E-state index contributed by atoms with van der Waals surface area (Å²) in [6.07, 6.45) is 2.19. The van der Waals surface area contributed by atoms with Crippen molar-refractivity contribution < 1.29 is 9.32 Å². The number of carbonyl (C=O) groups is 1. The van der Waals surface area contributed by atoms with Crippen molar-refractivity contribution in [3.8, 4) is 11.1 Å². The maximum absolute atomic E-state index is 12.0. The zero-order valence-electron chi connectivity index (χ0n) is 11.1. The average Bonchev–Trinajstić information content (AvgIpc) is 3.15. The van der Waals surface area contributed by atoms with E-state index in [1.165, 1.54) is 0 Å². The summed E-state index contributed by atoms with van der Waals surface area (Å²) in [4.78, 5) is 12.0. The van der Waals surface area contributed by atoms with Gasteiger partial charge in [-0.15, -0.1) is 0 Å². The van der Waals surface area contributed by atoms with Crippen LogP contribution in [-0.2, 0) is 0 Å². The van der Waals surface area contributed by atoms with Crippen LogP contribution in [0.1, 0.15) is 34.7 Å². The van der Waals surface area contributed by atoms with Gasteiger partial charge in [0, 0.05) is 17.2 Å². The molecular weight excluding hydrogens is 240 g/mol. The molecule has 1 aromatic carbocycles. The highest BCUT2D eigenvalue weighted by molar-refractivity contribution is 5.95. The van der Waals surface area contributed by atoms with E-state index < -0.39 is 0 Å². The van der Waals surface area contributed by atoms with E-state index in [9.17, 15) is 4.79 Å². The van der Waals surface area contributed by atoms with Crippen LogP contribution >= 0.6 is 0 Å². The second-order valence-corrected chi connectivity index (χ2v) is 5.03. The van der Waals surface area contributed by atoms with Crippen molar-refractivity contribution in [3.05, 3.63) is 41.3 Å². The highest BCUT2D eigenvalue weighted by Crippen LogP contribution is 2.27. The Bertz CT molecular complexity index is 607. The minimum absolute atomic E-state index is 0.00360. The quantitative estimate of drug-likeness (QED) is 0.918. The largest absolute Gasteiger partial charge is 0.361 e. The van der Waals surface area contributed by atoms with Gasteiger partial charge in [0.05, 0.1) is 5.69 Å². The first-order valence-electron chi connectivity index (χ1n) is 6.49. The molecule has 1 amide bonds. The Hall–Kier alpha value is -2.10. The van der Waals surface area contributed by atoms with Crippen molar-refractivity contribution in [1.82, 2.24) is 10.5 Å². The topological polar surface area (TPSA) is 55.1 Å². The summed E-state index contributed by atoms with van der Waals surface area (Å²) in [5, 5.41) is 6.94. The Balaban J connectivity index is 1.93. The smallest absolute Gasteiger partial charge is 0.251 e. The fourth-order valence-corrected chi connectivity index (χ4v) is 2.21. The van der Waals surface area contributed by atoms with E-state index in [0.717, 1.165) is 35.4 Å². The summed E-state index contributed by atoms with van der Waals surface area (Å²) in [7, 11) is 0. The summed E-state index contributed by atoms with van der Waals surface area (Å²) in [5.74, 6) is 0.772. The van der Waals surface area contributed by atoms with Crippen molar-refractivity contribution in [1.29, 1.82) is 0 Å². The number of amides is 1. The number of nitrogens with zero attached hydrogens (tertiary/aromatic N) is 1. The number of carbonyl (C=O) groups excluding carboxylic acids is 1. The molecule has 4 heteroatoms. The van der Waals surface area contributed by atoms with Gasteiger partial charge in [0.25, 0.3) is 5.91 Å². The SMILES string of the molecule is Cc1noc(C)c1-c1cccc(C(=O)NC2CC2)c1. The lowest BCUT2D eigenvalue weighted by atomic mass is 10.0. The van der Waals surface area contributed by atoms with Crippen LogP contribution < -0.4 is 5.32 Å². The molecule has 1 fully saturated rings. The number of nitrogens with one attached hydrogen (secondary N) is 1. The van der Waals surface area contributed by atoms with Gasteiger partial charge < -0.3 is 9.84 Å². The van der Waals surface area contributed by atoms with Crippen LogP contribution in [0.5, 0.6) is 0 Å². The molecule has 1 aliphatic carbocycles. The van der Waals surface area contributed by atoms with E-state index in [-0.39, 0.29) is 5.91 Å². The predicted molar refractivity (Wildman–Crippen MR) is 71.9 cm³/mol. The van der Waals surface area contributed by atoms with Gasteiger partial charge in [0.1, 0.15) is 5.76 Å². The minimum Gasteiger partial charge on any atom is -0.361 e. The number of hydrogen-bond donors (Lipinski definition) is 1. The molecule has 0 unspecified atom stereocenters. The van der Waals surface area contributed by atoms with E-state index in [1.807, 2.05) is 38.1 Å². The van der Waals surface area contributed by atoms with E-state index in [2.05, 4.69) is 10.5 Å². The first-order chi connectivity index (χ1) is 9.15. The first-order valence-corrected chi connectivity index (χ1v) is 6.49. The minimum atomic E-state index is -0.00360. The maximum Gasteiger partial charge on any atom is 0.251 e. The predicted octanol–water partition coefficient (Wildman–Crippen LogP) is 2.85. The second kappa shape index (κ2) is 4.53. The van der Waals surface area contributed by atoms with Crippen LogP contribution in [0.3, 0.4) is 0 Å². The third-order valence-electron chi connectivity index (χ3n) is 3.36. The molecular formula is C15H16N2O2. The molecule has 0 spiro atoms. The molecule has 1 aromatic heterocycles. The molecule has 0 bridgehead atoms. The van der Waals surface area contributed by atoms with E-state index in [1.54, 1.807) is 0 Å². The van der Waals surface area contributed by atoms with E-state index in [4.69, 9.17) is 4.52 Å². The van der Waals surface area contributed by atoms with Crippen LogP contribution in [0.4, 0.5) is 0 Å². The highest BCUT2D eigenvalue weighted by atomic mass is 16.5. The number of rotatable bonds is 3. The fraction of sp³-hybridized carbons (Fsp3) is 0.333. The van der Waals surface area contributed by atoms with Gasteiger partial charge in [-0.05, 0) is 44.4 Å². The summed E-state index contributed by atoms with van der Waals surface area (Å²) in [5.41, 5.74) is 3.47. The number of aryl methyl sites for hydroxylation is 2. The van der Waals surface area contributed by atoms with Crippen LogP contribution in [-0.4, -0.2) is 17.1 Å². The summed E-state index contributed by atoms with van der Waals surface area (Å²) < 4.78 is 5.17. The fourth-order valence-electron chi connectivity index (χ4n) is 2.21. The van der Waals surface area contributed by atoms with Crippen molar-refractivity contribution in [2.24, 2.45) is 0 Å². The van der Waals surface area contributed by atoms with Crippen LogP contribution in [0.15, 0.2) is 28.8 Å². The molecule has 4 nitrogen and oxygen atoms in total. The molecule has 0 aliphatic heterocycles. The van der Waals surface area contributed by atoms with Crippen molar-refractivity contribution >= 4 is 5.91 Å². The lowest BCUT2D eigenvalue weighted by Gasteiger charge is -2.06. The summed E-state index contributed by atoms with van der Waals surface area (Å²) >= 11 is 0. The highest BCUT2D eigenvalue weighted by Gasteiger charge is 2.24. The molecule has 19 heavy (non-hydrogen) atoms. The van der Waals surface area contributed by atoms with Gasteiger partial charge >= 0.3 is 0 Å². The normalized spacial score (nSPS) is 14.4. The lowest BCUT2D eigenvalue weighted by molar-refractivity contribution is 0.0951. The Kier molecular flexibility index (Phi) is 2.85. The van der Waals surface area contributed by atoms with Crippen LogP contribution in [0.2, 0.25) is 0 Å². The third-order valence-corrected chi connectivity index (χ3v) is 3.36. The molecule has 2 aromatic rings. The molecule has 3 rings (SSSR count). The van der Waals surface area contributed by atoms with E-state index >= 15 is 0 Å². The van der Waals surface area contributed by atoms with Crippen molar-refractivity contribution in [3.63, 3.8) is 0 Å². The van der Waals surface area contributed by atoms with Crippen molar-refractivity contribution in [2.45, 2.75) is 32.7 Å². The van der Waals surface area contributed by atoms with Crippen molar-refractivity contribution in [2.75, 3.05) is 0 Å². The summed E-state index contributed by atoms with van der Waals surface area (Å²) in [6, 6.07) is 7.96.